The second-order valence-corrected chi connectivity index (χ2v) is 12.3. The molecule has 0 N–H and O–H groups in total. The Bertz CT molecular complexity index is 1160. The first-order valence-electron chi connectivity index (χ1n) is 13.9. The van der Waals surface area contributed by atoms with Crippen molar-refractivity contribution in [1.29, 1.82) is 0 Å². The van der Waals surface area contributed by atoms with Gasteiger partial charge < -0.3 is 14.4 Å². The van der Waals surface area contributed by atoms with Crippen molar-refractivity contribution in [2.24, 2.45) is 11.8 Å². The maximum atomic E-state index is 13.9. The van der Waals surface area contributed by atoms with E-state index >= 15 is 0 Å². The molecule has 7 heteroatoms. The topological polar surface area (TPSA) is 42.0 Å². The molecular formula is C32H42Cl2N2O3. The van der Waals surface area contributed by atoms with E-state index in [1.165, 1.54) is 5.56 Å². The first kappa shape index (κ1) is 29.9. The van der Waals surface area contributed by atoms with Gasteiger partial charge >= 0.3 is 0 Å². The third-order valence-electron chi connectivity index (χ3n) is 8.59. The number of halogens is 2. The zero-order valence-electron chi connectivity index (χ0n) is 23.7. The average molecular weight is 574 g/mol. The SMILES string of the molecule is C=CCN1CCC2(c3cccc(OC)c3)CC(N(CC(C)C)C(=O)Cc3ccc(Cl)c(Cl)c3)CC(OC)C2C1. The Balaban J connectivity index is 1.71. The molecule has 2 aromatic rings. The second-order valence-electron chi connectivity index (χ2n) is 11.5. The highest BCUT2D eigenvalue weighted by atomic mass is 35.5. The van der Waals surface area contributed by atoms with E-state index in [-0.39, 0.29) is 23.5 Å². The largest absolute Gasteiger partial charge is 0.497 e. The van der Waals surface area contributed by atoms with Crippen LogP contribution in [0, 0.1) is 11.8 Å². The van der Waals surface area contributed by atoms with Crippen LogP contribution in [0.5, 0.6) is 5.75 Å². The Morgan fingerprint density at radius 1 is 1.21 bits per heavy atom. The number of carbonyl (C=O) groups is 1. The van der Waals surface area contributed by atoms with Gasteiger partial charge in [-0.15, -0.1) is 6.58 Å². The molecule has 4 unspecified atom stereocenters. The summed E-state index contributed by atoms with van der Waals surface area (Å²) >= 11 is 12.4. The number of benzene rings is 2. The van der Waals surface area contributed by atoms with Crippen molar-refractivity contribution < 1.29 is 14.3 Å². The second kappa shape index (κ2) is 13.1. The standard InChI is InChI=1S/C32H42Cl2N2O3/c1-6-13-35-14-12-32(24-8-7-9-26(17-24)38-4)19-25(18-30(39-5)27(32)21-35)36(20-22(2)3)31(37)16-23-10-11-28(33)29(34)15-23/h6-11,15,17,22,25,27,30H,1,12-14,16,18-21H2,2-5H3. The van der Waals surface area contributed by atoms with Crippen LogP contribution in [0.15, 0.2) is 55.1 Å². The molecule has 4 atom stereocenters. The summed E-state index contributed by atoms with van der Waals surface area (Å²) in [5.41, 5.74) is 2.02. The lowest BCUT2D eigenvalue weighted by atomic mass is 9.56. The normalized spacial score (nSPS) is 25.3. The third-order valence-corrected chi connectivity index (χ3v) is 9.33. The average Bonchev–Trinajstić information content (AvgIpc) is 2.93. The third kappa shape index (κ3) is 6.65. The minimum absolute atomic E-state index is 0.0232. The van der Waals surface area contributed by atoms with Gasteiger partial charge in [-0.1, -0.05) is 61.3 Å². The fraction of sp³-hybridized carbons (Fsp3) is 0.531. The van der Waals surface area contributed by atoms with Gasteiger partial charge in [-0.2, -0.15) is 0 Å². The van der Waals surface area contributed by atoms with Gasteiger partial charge in [0, 0.05) is 44.1 Å². The molecule has 1 saturated heterocycles. The summed E-state index contributed by atoms with van der Waals surface area (Å²) in [6, 6.07) is 14.0. The number of rotatable bonds is 10. The van der Waals surface area contributed by atoms with Crippen LogP contribution < -0.4 is 4.74 Å². The summed E-state index contributed by atoms with van der Waals surface area (Å²) in [5.74, 6) is 1.61. The van der Waals surface area contributed by atoms with Crippen LogP contribution in [-0.4, -0.2) is 68.3 Å². The molecule has 2 aromatic carbocycles. The van der Waals surface area contributed by atoms with Gasteiger partial charge in [-0.05, 0) is 67.1 Å². The van der Waals surface area contributed by atoms with Crippen LogP contribution in [0.2, 0.25) is 10.0 Å². The number of methoxy groups -OCH3 is 2. The molecule has 2 aliphatic rings. The molecule has 1 saturated carbocycles. The maximum absolute atomic E-state index is 13.9. The highest BCUT2D eigenvalue weighted by Gasteiger charge is 2.53. The van der Waals surface area contributed by atoms with Gasteiger partial charge in [0.1, 0.15) is 5.75 Å². The molecule has 1 heterocycles. The quantitative estimate of drug-likeness (QED) is 0.299. The minimum Gasteiger partial charge on any atom is -0.497 e. The van der Waals surface area contributed by atoms with Crippen LogP contribution in [-0.2, 0) is 21.4 Å². The summed E-state index contributed by atoms with van der Waals surface area (Å²) in [5, 5.41) is 0.969. The monoisotopic (exact) mass is 572 g/mol. The van der Waals surface area contributed by atoms with E-state index in [1.54, 1.807) is 19.2 Å². The number of amides is 1. The number of hydrogen-bond donors (Lipinski definition) is 0. The van der Waals surface area contributed by atoms with Crippen molar-refractivity contribution in [3.05, 3.63) is 76.3 Å². The summed E-state index contributed by atoms with van der Waals surface area (Å²) in [6.45, 7) is 11.8. The van der Waals surface area contributed by atoms with Crippen LogP contribution >= 0.6 is 23.2 Å². The first-order valence-corrected chi connectivity index (χ1v) is 14.7. The van der Waals surface area contributed by atoms with Crippen molar-refractivity contribution >= 4 is 29.1 Å². The summed E-state index contributed by atoms with van der Waals surface area (Å²) in [7, 11) is 3.54. The van der Waals surface area contributed by atoms with Gasteiger partial charge in [-0.25, -0.2) is 0 Å². The van der Waals surface area contributed by atoms with Gasteiger partial charge in [0.25, 0.3) is 0 Å². The lowest BCUT2D eigenvalue weighted by Gasteiger charge is -2.57. The number of fused-ring (bicyclic) bond motifs is 1. The molecule has 212 valence electrons. The lowest BCUT2D eigenvalue weighted by Crippen LogP contribution is -2.62. The van der Waals surface area contributed by atoms with E-state index in [4.69, 9.17) is 32.7 Å². The predicted molar refractivity (Wildman–Crippen MR) is 160 cm³/mol. The van der Waals surface area contributed by atoms with Gasteiger partial charge in [0.15, 0.2) is 0 Å². The molecular weight excluding hydrogens is 531 g/mol. The van der Waals surface area contributed by atoms with E-state index in [9.17, 15) is 4.79 Å². The fourth-order valence-electron chi connectivity index (χ4n) is 6.78. The van der Waals surface area contributed by atoms with Crippen molar-refractivity contribution in [3.63, 3.8) is 0 Å². The zero-order valence-corrected chi connectivity index (χ0v) is 25.2. The van der Waals surface area contributed by atoms with Gasteiger partial charge in [0.05, 0.1) is 29.7 Å². The Kier molecular flexibility index (Phi) is 10.0. The maximum Gasteiger partial charge on any atom is 0.227 e. The number of nitrogens with zero attached hydrogens (tertiary/aromatic N) is 2. The Morgan fingerprint density at radius 2 is 2.00 bits per heavy atom. The van der Waals surface area contributed by atoms with Crippen molar-refractivity contribution in [1.82, 2.24) is 9.80 Å². The molecule has 1 aliphatic carbocycles. The Morgan fingerprint density at radius 3 is 2.67 bits per heavy atom. The highest BCUT2D eigenvalue weighted by Crippen LogP contribution is 2.51. The summed E-state index contributed by atoms with van der Waals surface area (Å²) < 4.78 is 11.9. The minimum atomic E-state index is -0.130. The van der Waals surface area contributed by atoms with Crippen LogP contribution in [0.25, 0.3) is 0 Å². The van der Waals surface area contributed by atoms with Crippen LogP contribution in [0.4, 0.5) is 0 Å². The highest BCUT2D eigenvalue weighted by molar-refractivity contribution is 6.42. The van der Waals surface area contributed by atoms with Crippen LogP contribution in [0.3, 0.4) is 0 Å². The number of likely N-dealkylation sites (tertiary alicyclic amines) is 1. The van der Waals surface area contributed by atoms with E-state index in [1.807, 2.05) is 25.3 Å². The molecule has 1 amide bonds. The lowest BCUT2D eigenvalue weighted by molar-refractivity contribution is -0.140. The van der Waals surface area contributed by atoms with E-state index in [2.05, 4.69) is 48.4 Å². The molecule has 1 aliphatic heterocycles. The van der Waals surface area contributed by atoms with Gasteiger partial charge in [0.2, 0.25) is 5.91 Å². The van der Waals surface area contributed by atoms with Crippen molar-refractivity contribution in [2.45, 2.75) is 57.1 Å². The van der Waals surface area contributed by atoms with Crippen LogP contribution in [0.1, 0.15) is 44.2 Å². The Labute approximate surface area is 244 Å². The summed E-state index contributed by atoms with van der Waals surface area (Å²) in [4.78, 5) is 18.5. The van der Waals surface area contributed by atoms with E-state index in [0.29, 0.717) is 34.8 Å². The fourth-order valence-corrected chi connectivity index (χ4v) is 7.10. The van der Waals surface area contributed by atoms with E-state index < -0.39 is 0 Å². The molecule has 4 rings (SSSR count). The number of ether oxygens (including phenoxy) is 2. The molecule has 5 nitrogen and oxygen atoms in total. The van der Waals surface area contributed by atoms with Crippen molar-refractivity contribution in [3.8, 4) is 5.75 Å². The van der Waals surface area contributed by atoms with Gasteiger partial charge in [-0.3, -0.25) is 9.69 Å². The first-order chi connectivity index (χ1) is 18.7. The summed E-state index contributed by atoms with van der Waals surface area (Å²) in [6.07, 6.45) is 5.00. The van der Waals surface area contributed by atoms with Crippen molar-refractivity contribution in [2.75, 3.05) is 40.4 Å². The number of piperidine rings is 1. The molecule has 0 radical (unpaired) electrons. The smallest absolute Gasteiger partial charge is 0.227 e. The number of hydrogen-bond acceptors (Lipinski definition) is 4. The van der Waals surface area contributed by atoms with E-state index in [0.717, 1.165) is 50.2 Å². The predicted octanol–water partition coefficient (Wildman–Crippen LogP) is 6.65. The molecule has 2 fully saturated rings. The molecule has 0 bridgehead atoms. The molecule has 0 spiro atoms. The molecule has 0 aromatic heterocycles. The Hall–Kier alpha value is -2.05. The zero-order chi connectivity index (χ0) is 28.2. The molecule has 39 heavy (non-hydrogen) atoms. The number of carbonyl (C=O) groups excluding carboxylic acids is 1.